The molecule has 0 radical (unpaired) electrons. The molecule has 15 heavy (non-hydrogen) atoms. The molecule has 0 bridgehead atoms. The molecule has 0 heterocycles. The number of sulfonamides is 1. The minimum Gasteiger partial charge on any atom is -0.282 e. The molecule has 0 aromatic heterocycles. The number of rotatable bonds is 4. The van der Waals surface area contributed by atoms with Gasteiger partial charge in [-0.25, -0.2) is 8.42 Å². The maximum absolute atomic E-state index is 11.3. The summed E-state index contributed by atoms with van der Waals surface area (Å²) in [6.45, 7) is 1.94. The van der Waals surface area contributed by atoms with E-state index >= 15 is 0 Å². The highest BCUT2D eigenvalue weighted by atomic mass is 32.2. The average molecular weight is 224 g/mol. The lowest BCUT2D eigenvalue weighted by atomic mass is 10.1. The summed E-state index contributed by atoms with van der Waals surface area (Å²) in [5, 5.41) is 8.34. The standard InChI is InChI=1S/C10H12N2O2S/c1-2-9-5-3-4-6-10(9)12-15(13,14)8-7-11/h3-6,12H,2,8H2,1H3. The van der Waals surface area contributed by atoms with Crippen molar-refractivity contribution in [2.75, 3.05) is 10.5 Å². The van der Waals surface area contributed by atoms with E-state index in [2.05, 4.69) is 4.72 Å². The quantitative estimate of drug-likeness (QED) is 0.842. The Bertz CT molecular complexity index is 474. The van der Waals surface area contributed by atoms with Crippen LogP contribution in [-0.4, -0.2) is 14.2 Å². The molecule has 0 amide bonds. The van der Waals surface area contributed by atoms with Crippen molar-refractivity contribution in [1.29, 1.82) is 5.26 Å². The van der Waals surface area contributed by atoms with Gasteiger partial charge in [-0.15, -0.1) is 0 Å². The summed E-state index contributed by atoms with van der Waals surface area (Å²) in [6, 6.07) is 8.76. The van der Waals surface area contributed by atoms with Crippen LogP contribution in [0, 0.1) is 11.3 Å². The van der Waals surface area contributed by atoms with Gasteiger partial charge in [0.2, 0.25) is 10.0 Å². The number of hydrogen-bond acceptors (Lipinski definition) is 3. The van der Waals surface area contributed by atoms with Gasteiger partial charge in [0.25, 0.3) is 0 Å². The molecular formula is C10H12N2O2S. The second-order valence-corrected chi connectivity index (χ2v) is 4.75. The van der Waals surface area contributed by atoms with Gasteiger partial charge in [0.15, 0.2) is 5.75 Å². The molecule has 1 aromatic carbocycles. The highest BCUT2D eigenvalue weighted by Gasteiger charge is 2.10. The third-order valence-electron chi connectivity index (χ3n) is 1.92. The van der Waals surface area contributed by atoms with Crippen LogP contribution in [0.4, 0.5) is 5.69 Å². The summed E-state index contributed by atoms with van der Waals surface area (Å²) in [5.41, 5.74) is 1.47. The van der Waals surface area contributed by atoms with Gasteiger partial charge in [-0.05, 0) is 18.1 Å². The minimum atomic E-state index is -3.53. The fraction of sp³-hybridized carbons (Fsp3) is 0.300. The molecule has 1 rings (SSSR count). The monoisotopic (exact) mass is 224 g/mol. The number of nitrogens with one attached hydrogen (secondary N) is 1. The summed E-state index contributed by atoms with van der Waals surface area (Å²) in [6.07, 6.45) is 0.741. The summed E-state index contributed by atoms with van der Waals surface area (Å²) >= 11 is 0. The van der Waals surface area contributed by atoms with Crippen LogP contribution in [-0.2, 0) is 16.4 Å². The van der Waals surface area contributed by atoms with Gasteiger partial charge >= 0.3 is 0 Å². The van der Waals surface area contributed by atoms with Crippen LogP contribution in [0.3, 0.4) is 0 Å². The normalized spacial score (nSPS) is 10.7. The maximum atomic E-state index is 11.3. The molecule has 0 aliphatic heterocycles. The van der Waals surface area contributed by atoms with E-state index in [1.165, 1.54) is 0 Å². The van der Waals surface area contributed by atoms with E-state index in [-0.39, 0.29) is 0 Å². The number of nitrogens with zero attached hydrogens (tertiary/aromatic N) is 1. The fourth-order valence-electron chi connectivity index (χ4n) is 1.22. The Hall–Kier alpha value is -1.54. The van der Waals surface area contributed by atoms with E-state index in [4.69, 9.17) is 5.26 Å². The largest absolute Gasteiger partial charge is 0.282 e. The Labute approximate surface area is 89.6 Å². The fourth-order valence-corrected chi connectivity index (χ4v) is 1.99. The molecule has 5 heteroatoms. The lowest BCUT2D eigenvalue weighted by Gasteiger charge is -2.09. The van der Waals surface area contributed by atoms with Crippen LogP contribution in [0.5, 0.6) is 0 Å². The van der Waals surface area contributed by atoms with Gasteiger partial charge in [0, 0.05) is 0 Å². The average Bonchev–Trinajstić information content (AvgIpc) is 2.17. The van der Waals surface area contributed by atoms with Crippen LogP contribution < -0.4 is 4.72 Å². The van der Waals surface area contributed by atoms with E-state index in [1.54, 1.807) is 18.2 Å². The van der Waals surface area contributed by atoms with E-state index in [0.717, 1.165) is 12.0 Å². The first kappa shape index (κ1) is 11.5. The Morgan fingerprint density at radius 1 is 1.40 bits per heavy atom. The Morgan fingerprint density at radius 2 is 2.07 bits per heavy atom. The Balaban J connectivity index is 2.95. The molecule has 0 spiro atoms. The Morgan fingerprint density at radius 3 is 2.67 bits per heavy atom. The van der Waals surface area contributed by atoms with Crippen molar-refractivity contribution in [3.05, 3.63) is 29.8 Å². The third-order valence-corrected chi connectivity index (χ3v) is 2.96. The van der Waals surface area contributed by atoms with Crippen molar-refractivity contribution >= 4 is 15.7 Å². The smallest absolute Gasteiger partial charge is 0.246 e. The summed E-state index contributed by atoms with van der Waals surface area (Å²) in [5.74, 6) is -0.523. The van der Waals surface area contributed by atoms with Crippen LogP contribution in [0.25, 0.3) is 0 Å². The first-order valence-electron chi connectivity index (χ1n) is 4.54. The SMILES string of the molecule is CCc1ccccc1NS(=O)(=O)CC#N. The van der Waals surface area contributed by atoms with Gasteiger partial charge in [-0.3, -0.25) is 4.72 Å². The van der Waals surface area contributed by atoms with Crippen LogP contribution in [0.2, 0.25) is 0 Å². The molecule has 1 N–H and O–H groups in total. The van der Waals surface area contributed by atoms with Crippen molar-refractivity contribution in [1.82, 2.24) is 0 Å². The van der Waals surface area contributed by atoms with Gasteiger partial charge in [-0.1, -0.05) is 25.1 Å². The highest BCUT2D eigenvalue weighted by Crippen LogP contribution is 2.16. The first-order chi connectivity index (χ1) is 7.09. The minimum absolute atomic E-state index is 0.523. The van der Waals surface area contributed by atoms with Crippen molar-refractivity contribution < 1.29 is 8.42 Å². The molecule has 0 aliphatic carbocycles. The molecule has 0 saturated carbocycles. The number of aryl methyl sites for hydroxylation is 1. The van der Waals surface area contributed by atoms with E-state index in [0.29, 0.717) is 5.69 Å². The molecule has 0 atom stereocenters. The van der Waals surface area contributed by atoms with E-state index < -0.39 is 15.8 Å². The molecule has 0 unspecified atom stereocenters. The predicted octanol–water partition coefficient (Wildman–Crippen LogP) is 1.51. The van der Waals surface area contributed by atoms with Crippen LogP contribution in [0.15, 0.2) is 24.3 Å². The molecule has 4 nitrogen and oxygen atoms in total. The van der Waals surface area contributed by atoms with Gasteiger partial charge in [0.05, 0.1) is 11.8 Å². The lowest BCUT2D eigenvalue weighted by molar-refractivity contribution is 0.604. The third kappa shape index (κ3) is 3.26. The number of hydrogen-bond donors (Lipinski definition) is 1. The molecule has 1 aromatic rings. The van der Waals surface area contributed by atoms with Crippen molar-refractivity contribution in [3.63, 3.8) is 0 Å². The Kier molecular flexibility index (Phi) is 3.69. The number of nitriles is 1. The molecule has 0 saturated heterocycles. The predicted molar refractivity (Wildman–Crippen MR) is 58.8 cm³/mol. The second-order valence-electron chi connectivity index (χ2n) is 3.03. The zero-order chi connectivity index (χ0) is 11.3. The lowest BCUT2D eigenvalue weighted by Crippen LogP contribution is -2.16. The van der Waals surface area contributed by atoms with E-state index in [1.807, 2.05) is 19.1 Å². The zero-order valence-corrected chi connectivity index (χ0v) is 9.21. The van der Waals surface area contributed by atoms with Gasteiger partial charge in [0.1, 0.15) is 0 Å². The molecule has 0 aliphatic rings. The zero-order valence-electron chi connectivity index (χ0n) is 8.40. The van der Waals surface area contributed by atoms with Crippen molar-refractivity contribution in [3.8, 4) is 6.07 Å². The molecular weight excluding hydrogens is 212 g/mol. The van der Waals surface area contributed by atoms with Crippen LogP contribution in [0.1, 0.15) is 12.5 Å². The van der Waals surface area contributed by atoms with E-state index in [9.17, 15) is 8.42 Å². The van der Waals surface area contributed by atoms with Gasteiger partial charge in [-0.2, -0.15) is 5.26 Å². The number of benzene rings is 1. The molecule has 80 valence electrons. The summed E-state index contributed by atoms with van der Waals surface area (Å²) in [4.78, 5) is 0. The topological polar surface area (TPSA) is 70.0 Å². The number of anilines is 1. The highest BCUT2D eigenvalue weighted by molar-refractivity contribution is 7.92. The summed E-state index contributed by atoms with van der Waals surface area (Å²) in [7, 11) is -3.53. The number of para-hydroxylation sites is 1. The second kappa shape index (κ2) is 4.80. The van der Waals surface area contributed by atoms with Crippen LogP contribution >= 0.6 is 0 Å². The first-order valence-corrected chi connectivity index (χ1v) is 6.19. The molecule has 0 fully saturated rings. The van der Waals surface area contributed by atoms with Crippen molar-refractivity contribution in [2.45, 2.75) is 13.3 Å². The summed E-state index contributed by atoms with van der Waals surface area (Å²) < 4.78 is 25.1. The van der Waals surface area contributed by atoms with Crippen molar-refractivity contribution in [2.24, 2.45) is 0 Å². The maximum Gasteiger partial charge on any atom is 0.246 e. The van der Waals surface area contributed by atoms with Gasteiger partial charge < -0.3 is 0 Å².